The maximum absolute atomic E-state index is 13.1. The summed E-state index contributed by atoms with van der Waals surface area (Å²) in [5.74, 6) is -2.92. The molecule has 6 saturated heterocycles. The normalized spacial score (nSPS) is 20.0. The number of nitrogens with zero attached hydrogens (tertiary/aromatic N) is 13. The number of piperazine rings is 1. The number of amides is 4. The Morgan fingerprint density at radius 3 is 0.887 bits per heavy atom. The average molecular weight is 1700 g/mol. The van der Waals surface area contributed by atoms with E-state index in [1.807, 2.05) is 47.8 Å². The molecule has 6 fully saturated rings. The minimum absolute atomic E-state index is 0.0569. The van der Waals surface area contributed by atoms with E-state index >= 15 is 0 Å². The molecule has 630 valence electrons. The number of rotatable bonds is 16. The van der Waals surface area contributed by atoms with Gasteiger partial charge in [-0.25, -0.2) is 0 Å². The van der Waals surface area contributed by atoms with Crippen molar-refractivity contribution >= 4 is 69.0 Å². The molecule has 4 amide bonds. The Balaban J connectivity index is 0.000000151. The highest BCUT2D eigenvalue weighted by Gasteiger charge is 2.44. The van der Waals surface area contributed by atoms with Gasteiger partial charge in [0.2, 0.25) is 23.0 Å². The van der Waals surface area contributed by atoms with Crippen LogP contribution in [0.5, 0.6) is 0 Å². The molecule has 6 aliphatic rings. The third-order valence-electron chi connectivity index (χ3n) is 21.1. The summed E-state index contributed by atoms with van der Waals surface area (Å²) in [6.45, 7) is 22.4. The Morgan fingerprint density at radius 1 is 0.383 bits per heavy atom. The lowest BCUT2D eigenvalue weighted by Gasteiger charge is -2.38. The molecule has 22 nitrogen and oxygen atoms in total. The molecular formula is C77H95F12N13O9S4. The van der Waals surface area contributed by atoms with Crippen LogP contribution in [0.15, 0.2) is 66.6 Å². The van der Waals surface area contributed by atoms with Gasteiger partial charge in [0.1, 0.15) is 22.8 Å². The van der Waals surface area contributed by atoms with Gasteiger partial charge in [0.05, 0.1) is 52.2 Å². The highest BCUT2D eigenvalue weighted by molar-refractivity contribution is 7.18. The summed E-state index contributed by atoms with van der Waals surface area (Å²) in [6.07, 6.45) is -10.1. The van der Waals surface area contributed by atoms with Crippen molar-refractivity contribution in [1.29, 1.82) is 0 Å². The van der Waals surface area contributed by atoms with Crippen LogP contribution >= 0.6 is 45.3 Å². The van der Waals surface area contributed by atoms with Crippen molar-refractivity contribution in [3.63, 3.8) is 0 Å². The van der Waals surface area contributed by atoms with Gasteiger partial charge in [-0.2, -0.15) is 52.7 Å². The van der Waals surface area contributed by atoms with Gasteiger partial charge < -0.3 is 62.0 Å². The summed E-state index contributed by atoms with van der Waals surface area (Å²) in [5, 5.41) is 14.3. The highest BCUT2D eigenvalue weighted by Crippen LogP contribution is 2.44. The van der Waals surface area contributed by atoms with E-state index in [1.54, 1.807) is 48.5 Å². The summed E-state index contributed by atoms with van der Waals surface area (Å²) >= 11 is 4.62. The van der Waals surface area contributed by atoms with Gasteiger partial charge in [-0.3, -0.25) is 24.1 Å². The van der Waals surface area contributed by atoms with Crippen molar-refractivity contribution in [1.82, 2.24) is 64.7 Å². The molecule has 0 bridgehead atoms. The number of alkyl halides is 12. The molecular weight excluding hydrogens is 1610 g/mol. The molecule has 0 radical (unpaired) electrons. The standard InChI is InChI=1S/C21H27F3N4O2S.C20H24F3N3O3S.2C18H22F3N3O2S/c1-14-18(25-30-19(14)21(22,23)24)16-5-6-17(31-16)20(29)28-7-3-4-15(13-28)12-27-10-8-26(2)9-11-27;1-13-17(24-29-18(13)20(21,22)23)15-4-5-16(30-15)19(27)26-6-2-3-14(12-26)11-25-7-9-28-10-8-25;2*1-11-15(22-26-16(11)18(19,20)21)13-6-7-14(27-13)17(25)24-8-4-5-12(10-24)9-23(2)3/h5-6,15H,3-4,7-13H2,1-2H3;4-5,14H,2-3,6-12H2,1H3;2*6-7,12H,4-5,8-10H2,1-3H3. The van der Waals surface area contributed by atoms with Crippen LogP contribution < -0.4 is 0 Å². The van der Waals surface area contributed by atoms with E-state index in [0.717, 1.165) is 171 Å². The van der Waals surface area contributed by atoms with E-state index in [1.165, 1.54) is 39.0 Å². The van der Waals surface area contributed by atoms with Crippen LogP contribution in [0, 0.1) is 51.4 Å². The minimum atomic E-state index is -4.59. The number of likely N-dealkylation sites (tertiary alicyclic amines) is 4. The van der Waals surface area contributed by atoms with E-state index in [2.05, 4.69) is 70.3 Å². The highest BCUT2D eigenvalue weighted by atomic mass is 32.1. The molecule has 8 aromatic rings. The monoisotopic (exact) mass is 1700 g/mol. The predicted molar refractivity (Wildman–Crippen MR) is 411 cm³/mol. The van der Waals surface area contributed by atoms with Gasteiger partial charge >= 0.3 is 24.7 Å². The first-order valence-electron chi connectivity index (χ1n) is 38.1. The minimum Gasteiger partial charge on any atom is -0.379 e. The zero-order valence-electron chi connectivity index (χ0n) is 65.4. The third-order valence-corrected chi connectivity index (χ3v) is 25.5. The summed E-state index contributed by atoms with van der Waals surface area (Å²) in [7, 11) is 10.2. The fraction of sp³-hybridized carbons (Fsp3) is 0.584. The second-order valence-electron chi connectivity index (χ2n) is 30.7. The number of likely N-dealkylation sites (N-methyl/N-ethyl adjacent to an activating group) is 1. The van der Waals surface area contributed by atoms with Gasteiger partial charge in [-0.05, 0) is 187 Å². The number of piperidine rings is 4. The topological polar surface area (TPSA) is 211 Å². The van der Waals surface area contributed by atoms with E-state index in [-0.39, 0.29) is 68.7 Å². The van der Waals surface area contributed by atoms with Crippen molar-refractivity contribution in [3.8, 4) is 42.3 Å². The van der Waals surface area contributed by atoms with Crippen molar-refractivity contribution < 1.29 is 94.7 Å². The molecule has 38 heteroatoms. The van der Waals surface area contributed by atoms with Crippen molar-refractivity contribution in [2.75, 3.05) is 166 Å². The number of hydrogen-bond donors (Lipinski definition) is 0. The molecule has 0 spiro atoms. The average Bonchev–Trinajstić information content (AvgIpc) is 1.66. The fourth-order valence-electron chi connectivity index (χ4n) is 15.4. The third kappa shape index (κ3) is 22.6. The number of hydrogen-bond acceptors (Lipinski definition) is 22. The Morgan fingerprint density at radius 2 is 0.635 bits per heavy atom. The van der Waals surface area contributed by atoms with Gasteiger partial charge in [0, 0.05) is 140 Å². The fourth-order valence-corrected chi connectivity index (χ4v) is 19.5. The van der Waals surface area contributed by atoms with Crippen LogP contribution in [-0.2, 0) is 29.4 Å². The first-order chi connectivity index (χ1) is 54.4. The van der Waals surface area contributed by atoms with Crippen LogP contribution in [0.4, 0.5) is 52.7 Å². The number of thiophene rings is 4. The molecule has 4 unspecified atom stereocenters. The smallest absolute Gasteiger partial charge is 0.379 e. The molecule has 0 aromatic carbocycles. The number of morpholine rings is 1. The molecule has 6 aliphatic heterocycles. The van der Waals surface area contributed by atoms with E-state index in [4.69, 9.17) is 4.74 Å². The molecule has 0 aliphatic carbocycles. The zero-order chi connectivity index (χ0) is 83.0. The Labute approximate surface area is 674 Å². The molecule has 14 heterocycles. The van der Waals surface area contributed by atoms with Crippen LogP contribution in [-0.4, -0.2) is 255 Å². The lowest BCUT2D eigenvalue weighted by atomic mass is 9.97. The summed E-state index contributed by atoms with van der Waals surface area (Å²) < 4.78 is 179. The number of carbonyl (C=O) groups excluding carboxylic acids is 4. The maximum Gasteiger partial charge on any atom is 0.452 e. The zero-order valence-corrected chi connectivity index (χ0v) is 68.6. The van der Waals surface area contributed by atoms with Gasteiger partial charge in [-0.15, -0.1) is 45.3 Å². The van der Waals surface area contributed by atoms with E-state index in [9.17, 15) is 71.9 Å². The second-order valence-corrected chi connectivity index (χ2v) is 35.0. The van der Waals surface area contributed by atoms with Crippen molar-refractivity contribution in [2.24, 2.45) is 23.7 Å². The molecule has 14 rings (SSSR count). The van der Waals surface area contributed by atoms with Crippen LogP contribution in [0.2, 0.25) is 0 Å². The summed E-state index contributed by atoms with van der Waals surface area (Å²) in [6, 6.07) is 13.2. The first kappa shape index (κ1) is 88.3. The van der Waals surface area contributed by atoms with Crippen LogP contribution in [0.3, 0.4) is 0 Å². The van der Waals surface area contributed by atoms with Gasteiger partial charge in [0.15, 0.2) is 0 Å². The van der Waals surface area contributed by atoms with Crippen molar-refractivity contribution in [3.05, 3.63) is 113 Å². The molecule has 115 heavy (non-hydrogen) atoms. The molecule has 4 atom stereocenters. The summed E-state index contributed by atoms with van der Waals surface area (Å²) in [4.78, 5) is 74.6. The lowest BCUT2D eigenvalue weighted by molar-refractivity contribution is -0.156. The number of ether oxygens (including phenoxy) is 1. The molecule has 0 N–H and O–H groups in total. The Kier molecular flexibility index (Phi) is 29.2. The maximum atomic E-state index is 13.1. The van der Waals surface area contributed by atoms with Crippen molar-refractivity contribution in [2.45, 2.75) is 104 Å². The number of carbonyl (C=O) groups is 4. The Hall–Kier alpha value is -7.56. The number of halogens is 12. The number of aromatic nitrogens is 4. The van der Waals surface area contributed by atoms with E-state index < -0.39 is 47.7 Å². The quantitative estimate of drug-likeness (QED) is 0.0823. The molecule has 8 aromatic heterocycles. The Bertz CT molecular complexity index is 4420. The SMILES string of the molecule is Cc1c(-c2ccc(C(=O)N3CCCC(CN(C)C)C3)s2)noc1C(F)(F)F.Cc1c(-c2ccc(C(=O)N3CCCC(CN(C)C)C3)s2)noc1C(F)(F)F.Cc1c(-c2ccc(C(=O)N3CCCC(CN4CCN(C)CC4)C3)s2)noc1C(F)(F)F.Cc1c(-c2ccc(C(=O)N3CCCC(CN4CCOCC4)C3)s2)noc1C(F)(F)F. The van der Waals surface area contributed by atoms with Crippen LogP contribution in [0.1, 0.15) is 135 Å². The van der Waals surface area contributed by atoms with Gasteiger partial charge in [0.25, 0.3) is 23.6 Å². The van der Waals surface area contributed by atoms with Crippen LogP contribution in [0.25, 0.3) is 42.3 Å². The largest absolute Gasteiger partial charge is 0.452 e. The van der Waals surface area contributed by atoms with Gasteiger partial charge in [-0.1, -0.05) is 20.6 Å². The lowest BCUT2D eigenvalue weighted by Crippen LogP contribution is -2.49. The summed E-state index contributed by atoms with van der Waals surface area (Å²) in [5.41, 5.74) is 0.300. The molecule has 0 saturated carbocycles. The first-order valence-corrected chi connectivity index (χ1v) is 41.4. The predicted octanol–water partition coefficient (Wildman–Crippen LogP) is 16.0. The van der Waals surface area contributed by atoms with E-state index in [0.29, 0.717) is 109 Å². The second kappa shape index (κ2) is 38.0.